The summed E-state index contributed by atoms with van der Waals surface area (Å²) in [6, 6.07) is 22.7. The summed E-state index contributed by atoms with van der Waals surface area (Å²) in [5, 5.41) is 2.94. The number of ether oxygens (including phenoxy) is 1. The molecule has 3 aromatic rings. The molecular weight excluding hydrogens is 514 g/mol. The topological polar surface area (TPSA) is 96.0 Å². The summed E-state index contributed by atoms with van der Waals surface area (Å²) in [7, 11) is -2.36. The zero-order valence-electron chi connectivity index (χ0n) is 23.1. The van der Waals surface area contributed by atoms with Crippen LogP contribution in [-0.4, -0.2) is 57.1 Å². The van der Waals surface area contributed by atoms with Crippen molar-refractivity contribution < 1.29 is 22.7 Å². The first-order valence-corrected chi connectivity index (χ1v) is 14.6. The SMILES string of the molecule is COc1cccc(N(CC(=O)N(Cc2ccc(C)cc2)C(Cc2ccccc2)C(=O)NC(C)C)S(C)(=O)=O)c1. The second-order valence-electron chi connectivity index (χ2n) is 9.85. The van der Waals surface area contributed by atoms with Crippen molar-refractivity contribution in [3.05, 3.63) is 95.6 Å². The number of rotatable bonds is 12. The van der Waals surface area contributed by atoms with Crippen molar-refractivity contribution >= 4 is 27.5 Å². The summed E-state index contributed by atoms with van der Waals surface area (Å²) < 4.78 is 32.0. The Morgan fingerprint density at radius 2 is 1.59 bits per heavy atom. The second kappa shape index (κ2) is 13.3. The van der Waals surface area contributed by atoms with E-state index in [0.29, 0.717) is 11.4 Å². The summed E-state index contributed by atoms with van der Waals surface area (Å²) in [6.07, 6.45) is 1.33. The molecule has 0 aliphatic rings. The highest BCUT2D eigenvalue weighted by molar-refractivity contribution is 7.92. The quantitative estimate of drug-likeness (QED) is 0.368. The number of benzene rings is 3. The molecule has 1 unspecified atom stereocenters. The van der Waals surface area contributed by atoms with E-state index in [-0.39, 0.29) is 24.9 Å². The first-order valence-electron chi connectivity index (χ1n) is 12.8. The van der Waals surface area contributed by atoms with E-state index in [1.165, 1.54) is 12.0 Å². The lowest BCUT2D eigenvalue weighted by atomic mass is 10.0. The Balaban J connectivity index is 2.05. The maximum Gasteiger partial charge on any atom is 0.244 e. The third-order valence-electron chi connectivity index (χ3n) is 6.20. The smallest absolute Gasteiger partial charge is 0.244 e. The number of aryl methyl sites for hydroxylation is 1. The molecule has 1 N–H and O–H groups in total. The number of nitrogens with zero attached hydrogens (tertiary/aromatic N) is 2. The van der Waals surface area contributed by atoms with Crippen LogP contribution in [-0.2, 0) is 32.6 Å². The fourth-order valence-electron chi connectivity index (χ4n) is 4.20. The van der Waals surface area contributed by atoms with E-state index in [1.54, 1.807) is 24.3 Å². The molecule has 0 spiro atoms. The highest BCUT2D eigenvalue weighted by Crippen LogP contribution is 2.24. The van der Waals surface area contributed by atoms with Crippen molar-refractivity contribution in [2.75, 3.05) is 24.2 Å². The molecule has 0 fully saturated rings. The van der Waals surface area contributed by atoms with Gasteiger partial charge >= 0.3 is 0 Å². The lowest BCUT2D eigenvalue weighted by Crippen LogP contribution is -2.54. The van der Waals surface area contributed by atoms with Gasteiger partial charge < -0.3 is 15.0 Å². The zero-order valence-corrected chi connectivity index (χ0v) is 23.9. The van der Waals surface area contributed by atoms with Gasteiger partial charge in [-0.25, -0.2) is 8.42 Å². The molecule has 9 heteroatoms. The molecule has 0 heterocycles. The van der Waals surface area contributed by atoms with Crippen LogP contribution in [0.2, 0.25) is 0 Å². The fourth-order valence-corrected chi connectivity index (χ4v) is 5.05. The molecule has 0 saturated carbocycles. The van der Waals surface area contributed by atoms with E-state index in [4.69, 9.17) is 4.74 Å². The Bertz CT molecular complexity index is 1360. The molecular formula is C30H37N3O5S. The van der Waals surface area contributed by atoms with Gasteiger partial charge in [0.1, 0.15) is 18.3 Å². The van der Waals surface area contributed by atoms with Gasteiger partial charge in [0.15, 0.2) is 0 Å². The number of hydrogen-bond acceptors (Lipinski definition) is 5. The van der Waals surface area contributed by atoms with Crippen molar-refractivity contribution in [1.82, 2.24) is 10.2 Å². The van der Waals surface area contributed by atoms with Gasteiger partial charge in [0.2, 0.25) is 21.8 Å². The van der Waals surface area contributed by atoms with E-state index in [0.717, 1.165) is 27.3 Å². The predicted molar refractivity (Wildman–Crippen MR) is 154 cm³/mol. The molecule has 0 aliphatic carbocycles. The number of anilines is 1. The third kappa shape index (κ3) is 8.58. The van der Waals surface area contributed by atoms with E-state index in [1.807, 2.05) is 75.4 Å². The highest BCUT2D eigenvalue weighted by atomic mass is 32.2. The molecule has 8 nitrogen and oxygen atoms in total. The molecule has 0 aromatic heterocycles. The zero-order chi connectivity index (χ0) is 28.6. The standard InChI is InChI=1S/C30H37N3O5S/c1-22(2)31-30(35)28(18-24-10-7-6-8-11-24)32(20-25-16-14-23(3)15-17-25)29(34)21-33(39(5,36)37)26-12-9-13-27(19-26)38-4/h6-17,19,22,28H,18,20-21H2,1-5H3,(H,31,35). The van der Waals surface area contributed by atoms with Crippen molar-refractivity contribution in [3.63, 3.8) is 0 Å². The number of sulfonamides is 1. The van der Waals surface area contributed by atoms with Crippen LogP contribution < -0.4 is 14.4 Å². The van der Waals surface area contributed by atoms with Crippen molar-refractivity contribution in [2.24, 2.45) is 0 Å². The summed E-state index contributed by atoms with van der Waals surface area (Å²) in [6.45, 7) is 5.35. The average molecular weight is 552 g/mol. The van der Waals surface area contributed by atoms with Crippen LogP contribution in [0.15, 0.2) is 78.9 Å². The highest BCUT2D eigenvalue weighted by Gasteiger charge is 2.33. The van der Waals surface area contributed by atoms with Crippen LogP contribution >= 0.6 is 0 Å². The van der Waals surface area contributed by atoms with Crippen LogP contribution in [0.4, 0.5) is 5.69 Å². The van der Waals surface area contributed by atoms with Gasteiger partial charge in [0.05, 0.1) is 19.1 Å². The lowest BCUT2D eigenvalue weighted by Gasteiger charge is -2.34. The third-order valence-corrected chi connectivity index (χ3v) is 7.34. The second-order valence-corrected chi connectivity index (χ2v) is 11.8. The van der Waals surface area contributed by atoms with Gasteiger partial charge in [-0.05, 0) is 44.0 Å². The Kier molecular flexibility index (Phi) is 10.1. The largest absolute Gasteiger partial charge is 0.497 e. The maximum absolute atomic E-state index is 14.0. The first kappa shape index (κ1) is 29.7. The van der Waals surface area contributed by atoms with Gasteiger partial charge in [0.25, 0.3) is 0 Å². The molecule has 1 atom stereocenters. The fraction of sp³-hybridized carbons (Fsp3) is 0.333. The van der Waals surface area contributed by atoms with Crippen molar-refractivity contribution in [3.8, 4) is 5.75 Å². The average Bonchev–Trinajstić information content (AvgIpc) is 2.89. The minimum atomic E-state index is -3.84. The molecule has 3 rings (SSSR count). The van der Waals surface area contributed by atoms with Crippen LogP contribution in [0.25, 0.3) is 0 Å². The molecule has 2 amide bonds. The van der Waals surface area contributed by atoms with Gasteiger partial charge in [-0.2, -0.15) is 0 Å². The van der Waals surface area contributed by atoms with Crippen LogP contribution in [0, 0.1) is 6.92 Å². The van der Waals surface area contributed by atoms with Crippen LogP contribution in [0.3, 0.4) is 0 Å². The molecule has 0 bridgehead atoms. The van der Waals surface area contributed by atoms with Gasteiger partial charge in [-0.3, -0.25) is 13.9 Å². The number of hydrogen-bond donors (Lipinski definition) is 1. The van der Waals surface area contributed by atoms with Crippen LogP contribution in [0.5, 0.6) is 5.75 Å². The van der Waals surface area contributed by atoms with Gasteiger partial charge in [0, 0.05) is 25.1 Å². The van der Waals surface area contributed by atoms with Crippen molar-refractivity contribution in [2.45, 2.75) is 45.8 Å². The Morgan fingerprint density at radius 1 is 0.923 bits per heavy atom. The summed E-state index contributed by atoms with van der Waals surface area (Å²) >= 11 is 0. The summed E-state index contributed by atoms with van der Waals surface area (Å²) in [4.78, 5) is 29.0. The van der Waals surface area contributed by atoms with E-state index >= 15 is 0 Å². The predicted octanol–water partition coefficient (Wildman–Crippen LogP) is 3.93. The first-order chi connectivity index (χ1) is 18.5. The number of nitrogens with one attached hydrogen (secondary N) is 1. The Hall–Kier alpha value is -3.85. The van der Waals surface area contributed by atoms with E-state index in [2.05, 4.69) is 5.32 Å². The number of amides is 2. The minimum Gasteiger partial charge on any atom is -0.497 e. The monoisotopic (exact) mass is 551 g/mol. The number of methoxy groups -OCH3 is 1. The van der Waals surface area contributed by atoms with E-state index in [9.17, 15) is 18.0 Å². The molecule has 0 saturated heterocycles. The molecule has 0 radical (unpaired) electrons. The summed E-state index contributed by atoms with van der Waals surface area (Å²) in [5.74, 6) is -0.339. The molecule has 39 heavy (non-hydrogen) atoms. The number of carbonyl (C=O) groups is 2. The van der Waals surface area contributed by atoms with Crippen LogP contribution in [0.1, 0.15) is 30.5 Å². The summed E-state index contributed by atoms with van der Waals surface area (Å²) in [5.41, 5.74) is 3.08. The number of carbonyl (C=O) groups excluding carboxylic acids is 2. The van der Waals surface area contributed by atoms with Gasteiger partial charge in [-0.15, -0.1) is 0 Å². The Morgan fingerprint density at radius 3 is 2.18 bits per heavy atom. The minimum absolute atomic E-state index is 0.137. The lowest BCUT2D eigenvalue weighted by molar-refractivity contribution is -0.140. The normalized spacial score (nSPS) is 12.1. The van der Waals surface area contributed by atoms with E-state index < -0.39 is 28.5 Å². The molecule has 3 aromatic carbocycles. The molecule has 208 valence electrons. The maximum atomic E-state index is 14.0. The van der Waals surface area contributed by atoms with Crippen molar-refractivity contribution in [1.29, 1.82) is 0 Å². The van der Waals surface area contributed by atoms with Gasteiger partial charge in [-0.1, -0.05) is 66.2 Å². The molecule has 0 aliphatic heterocycles. The Labute approximate surface area is 231 Å².